The number of hydrogen-bond donors (Lipinski definition) is 1. The fourth-order valence-corrected chi connectivity index (χ4v) is 2.85. The maximum atomic E-state index is 10.1. The zero-order chi connectivity index (χ0) is 14.9. The van der Waals surface area contributed by atoms with Gasteiger partial charge in [-0.2, -0.15) is 0 Å². The van der Waals surface area contributed by atoms with E-state index in [1.54, 1.807) is 14.0 Å². The number of likely N-dealkylation sites (N-methyl/N-ethyl adjacent to an activating group) is 1. The van der Waals surface area contributed by atoms with E-state index in [2.05, 4.69) is 36.8 Å². The van der Waals surface area contributed by atoms with Crippen LogP contribution in [0.1, 0.15) is 32.4 Å². The summed E-state index contributed by atoms with van der Waals surface area (Å²) < 4.78 is 5.41. The Morgan fingerprint density at radius 1 is 1.30 bits per heavy atom. The van der Waals surface area contributed by atoms with E-state index in [1.807, 2.05) is 12.1 Å². The van der Waals surface area contributed by atoms with Crippen LogP contribution >= 0.6 is 0 Å². The quantitative estimate of drug-likeness (QED) is 0.920. The van der Waals surface area contributed by atoms with Gasteiger partial charge < -0.3 is 14.7 Å². The van der Waals surface area contributed by atoms with Crippen LogP contribution in [0.4, 0.5) is 5.69 Å². The Kier molecular flexibility index (Phi) is 4.25. The van der Waals surface area contributed by atoms with Crippen LogP contribution < -0.4 is 9.64 Å². The number of anilines is 1. The fraction of sp³-hybridized carbons (Fsp3) is 0.625. The van der Waals surface area contributed by atoms with Crippen molar-refractivity contribution in [2.24, 2.45) is 0 Å². The van der Waals surface area contributed by atoms with E-state index in [1.165, 1.54) is 0 Å². The first-order valence-corrected chi connectivity index (χ1v) is 7.18. The lowest BCUT2D eigenvalue weighted by molar-refractivity contribution is 0.138. The second kappa shape index (κ2) is 5.62. The van der Waals surface area contributed by atoms with Gasteiger partial charge in [-0.1, -0.05) is 6.07 Å². The summed E-state index contributed by atoms with van der Waals surface area (Å²) in [5.74, 6) is 0.759. The topological polar surface area (TPSA) is 35.9 Å². The monoisotopic (exact) mass is 278 g/mol. The van der Waals surface area contributed by atoms with Gasteiger partial charge in [0.05, 0.1) is 13.2 Å². The molecule has 1 aromatic carbocycles. The van der Waals surface area contributed by atoms with Crippen molar-refractivity contribution in [1.29, 1.82) is 0 Å². The molecule has 0 radical (unpaired) electrons. The van der Waals surface area contributed by atoms with E-state index >= 15 is 0 Å². The molecule has 4 nitrogen and oxygen atoms in total. The van der Waals surface area contributed by atoms with Gasteiger partial charge in [-0.25, -0.2) is 0 Å². The highest BCUT2D eigenvalue weighted by molar-refractivity contribution is 5.61. The smallest absolute Gasteiger partial charge is 0.126 e. The molecule has 1 fully saturated rings. The lowest BCUT2D eigenvalue weighted by atomic mass is 9.97. The summed E-state index contributed by atoms with van der Waals surface area (Å²) in [7, 11) is 3.82. The average Bonchev–Trinajstić information content (AvgIpc) is 2.40. The lowest BCUT2D eigenvalue weighted by Crippen LogP contribution is -2.57. The third kappa shape index (κ3) is 2.76. The summed E-state index contributed by atoms with van der Waals surface area (Å²) >= 11 is 0. The van der Waals surface area contributed by atoms with Crippen LogP contribution in [0.15, 0.2) is 18.2 Å². The summed E-state index contributed by atoms with van der Waals surface area (Å²) in [5, 5.41) is 10.1. The van der Waals surface area contributed by atoms with Gasteiger partial charge in [0.15, 0.2) is 0 Å². The normalized spacial score (nSPS) is 20.8. The van der Waals surface area contributed by atoms with Gasteiger partial charge in [-0.15, -0.1) is 0 Å². The maximum absolute atomic E-state index is 10.1. The second-order valence-corrected chi connectivity index (χ2v) is 6.22. The number of nitrogens with zero attached hydrogens (tertiary/aromatic N) is 2. The van der Waals surface area contributed by atoms with E-state index < -0.39 is 6.10 Å². The van der Waals surface area contributed by atoms with E-state index in [-0.39, 0.29) is 5.54 Å². The molecule has 1 heterocycles. The molecule has 1 aliphatic rings. The van der Waals surface area contributed by atoms with Gasteiger partial charge in [0.1, 0.15) is 5.75 Å². The zero-order valence-electron chi connectivity index (χ0n) is 13.2. The minimum absolute atomic E-state index is 0.122. The van der Waals surface area contributed by atoms with Crippen LogP contribution in [0, 0.1) is 0 Å². The molecule has 1 aromatic rings. The van der Waals surface area contributed by atoms with Crippen molar-refractivity contribution >= 4 is 5.69 Å². The fourth-order valence-electron chi connectivity index (χ4n) is 2.85. The Hall–Kier alpha value is -1.26. The molecular weight excluding hydrogens is 252 g/mol. The summed E-state index contributed by atoms with van der Waals surface area (Å²) in [6, 6.07) is 5.98. The summed E-state index contributed by atoms with van der Waals surface area (Å²) in [6.45, 7) is 9.22. The first-order valence-electron chi connectivity index (χ1n) is 7.18. The van der Waals surface area contributed by atoms with Crippen LogP contribution in [0.2, 0.25) is 0 Å². The number of ether oxygens (including phenoxy) is 1. The molecule has 1 unspecified atom stereocenters. The standard InChI is InChI=1S/C16H26N2O2/c1-12(19)15-13(7-6-8-14(15)20-5)18-10-9-17(4)16(2,3)11-18/h6-8,12,19H,9-11H2,1-5H3. The van der Waals surface area contributed by atoms with Crippen molar-refractivity contribution in [3.63, 3.8) is 0 Å². The van der Waals surface area contributed by atoms with Crippen LogP contribution in [-0.2, 0) is 0 Å². The van der Waals surface area contributed by atoms with Crippen molar-refractivity contribution in [2.75, 3.05) is 38.7 Å². The molecule has 2 rings (SSSR count). The molecular formula is C16H26N2O2. The Balaban J connectivity index is 2.38. The molecule has 1 N–H and O–H groups in total. The van der Waals surface area contributed by atoms with E-state index in [0.29, 0.717) is 0 Å². The Labute approximate surface area is 122 Å². The van der Waals surface area contributed by atoms with Gasteiger partial charge in [-0.3, -0.25) is 4.90 Å². The Morgan fingerprint density at radius 2 is 2.00 bits per heavy atom. The molecule has 1 saturated heterocycles. The van der Waals surface area contributed by atoms with Crippen molar-refractivity contribution < 1.29 is 9.84 Å². The Bertz CT molecular complexity index is 472. The minimum atomic E-state index is -0.538. The highest BCUT2D eigenvalue weighted by atomic mass is 16.5. The predicted molar refractivity (Wildman–Crippen MR) is 82.5 cm³/mol. The van der Waals surface area contributed by atoms with E-state index in [0.717, 1.165) is 36.6 Å². The Morgan fingerprint density at radius 3 is 2.55 bits per heavy atom. The lowest BCUT2D eigenvalue weighted by Gasteiger charge is -2.46. The number of benzene rings is 1. The van der Waals surface area contributed by atoms with Gasteiger partial charge >= 0.3 is 0 Å². The molecule has 1 atom stereocenters. The maximum Gasteiger partial charge on any atom is 0.126 e. The van der Waals surface area contributed by atoms with E-state index in [9.17, 15) is 5.11 Å². The van der Waals surface area contributed by atoms with Crippen molar-refractivity contribution in [2.45, 2.75) is 32.4 Å². The van der Waals surface area contributed by atoms with Gasteiger partial charge in [0.2, 0.25) is 0 Å². The number of rotatable bonds is 3. The molecule has 0 aliphatic carbocycles. The van der Waals surface area contributed by atoms with Crippen molar-refractivity contribution in [3.05, 3.63) is 23.8 Å². The predicted octanol–water partition coefficient (Wildman–Crippen LogP) is 2.28. The number of methoxy groups -OCH3 is 1. The van der Waals surface area contributed by atoms with Crippen molar-refractivity contribution in [3.8, 4) is 5.75 Å². The third-order valence-electron chi connectivity index (χ3n) is 4.34. The minimum Gasteiger partial charge on any atom is -0.496 e. The second-order valence-electron chi connectivity index (χ2n) is 6.22. The first-order chi connectivity index (χ1) is 9.36. The third-order valence-corrected chi connectivity index (χ3v) is 4.34. The van der Waals surface area contributed by atoms with Crippen molar-refractivity contribution in [1.82, 2.24) is 4.90 Å². The SMILES string of the molecule is COc1cccc(N2CCN(C)C(C)(C)C2)c1C(C)O. The molecule has 0 aromatic heterocycles. The molecule has 0 amide bonds. The molecule has 20 heavy (non-hydrogen) atoms. The molecule has 0 saturated carbocycles. The molecule has 1 aliphatic heterocycles. The van der Waals surface area contributed by atoms with Gasteiger partial charge in [0.25, 0.3) is 0 Å². The summed E-state index contributed by atoms with van der Waals surface area (Å²) in [5.41, 5.74) is 2.09. The highest BCUT2D eigenvalue weighted by Gasteiger charge is 2.32. The average molecular weight is 278 g/mol. The largest absolute Gasteiger partial charge is 0.496 e. The van der Waals surface area contributed by atoms with Crippen LogP contribution in [0.5, 0.6) is 5.75 Å². The van der Waals surface area contributed by atoms with Crippen LogP contribution in [0.25, 0.3) is 0 Å². The van der Waals surface area contributed by atoms with Crippen LogP contribution in [0.3, 0.4) is 0 Å². The van der Waals surface area contributed by atoms with Crippen LogP contribution in [-0.4, -0.2) is 49.3 Å². The highest BCUT2D eigenvalue weighted by Crippen LogP contribution is 2.36. The molecule has 112 valence electrons. The number of aliphatic hydroxyl groups excluding tert-OH is 1. The summed E-state index contributed by atoms with van der Waals surface area (Å²) in [4.78, 5) is 4.73. The number of piperazine rings is 1. The zero-order valence-corrected chi connectivity index (χ0v) is 13.2. The van der Waals surface area contributed by atoms with E-state index in [4.69, 9.17) is 4.74 Å². The number of hydrogen-bond acceptors (Lipinski definition) is 4. The molecule has 4 heteroatoms. The summed E-state index contributed by atoms with van der Waals surface area (Å²) in [6.07, 6.45) is -0.538. The van der Waals surface area contributed by atoms with Gasteiger partial charge in [-0.05, 0) is 40.0 Å². The molecule has 0 spiro atoms. The van der Waals surface area contributed by atoms with Gasteiger partial charge in [0, 0.05) is 36.4 Å². The first kappa shape index (κ1) is 15.1. The molecule has 0 bridgehead atoms. The number of aliphatic hydroxyl groups is 1.